The van der Waals surface area contributed by atoms with Crippen LogP contribution in [0.15, 0.2) is 29.2 Å². The summed E-state index contributed by atoms with van der Waals surface area (Å²) in [5.74, 6) is -0.333. The van der Waals surface area contributed by atoms with Crippen molar-refractivity contribution in [1.29, 1.82) is 0 Å². The average Bonchev–Trinajstić information content (AvgIpc) is 2.72. The Balaban J connectivity index is 1.76. The van der Waals surface area contributed by atoms with Gasteiger partial charge in [0.15, 0.2) is 0 Å². The van der Waals surface area contributed by atoms with Gasteiger partial charge in [-0.2, -0.15) is 4.31 Å². The second kappa shape index (κ2) is 11.3. The average molecular weight is 424 g/mol. The van der Waals surface area contributed by atoms with Gasteiger partial charge in [0.05, 0.1) is 11.4 Å². The number of carbonyl (C=O) groups is 2. The van der Waals surface area contributed by atoms with E-state index in [-0.39, 0.29) is 35.7 Å². The first kappa shape index (κ1) is 23.3. The molecule has 0 saturated heterocycles. The van der Waals surface area contributed by atoms with Gasteiger partial charge in [-0.05, 0) is 37.0 Å². The van der Waals surface area contributed by atoms with Crippen LogP contribution in [0, 0.1) is 0 Å². The second-order valence-corrected chi connectivity index (χ2v) is 9.35. The van der Waals surface area contributed by atoms with Gasteiger partial charge < -0.3 is 10.6 Å². The zero-order chi connectivity index (χ0) is 21.3. The van der Waals surface area contributed by atoms with E-state index in [4.69, 9.17) is 0 Å². The van der Waals surface area contributed by atoms with Gasteiger partial charge in [0.25, 0.3) is 0 Å². The summed E-state index contributed by atoms with van der Waals surface area (Å²) in [6.45, 7) is 4.47. The molecule has 0 aliphatic heterocycles. The number of carbonyl (C=O) groups excluding carboxylic acids is 2. The third-order valence-electron chi connectivity index (χ3n) is 5.32. The van der Waals surface area contributed by atoms with Crippen molar-refractivity contribution < 1.29 is 18.0 Å². The van der Waals surface area contributed by atoms with E-state index in [0.717, 1.165) is 31.2 Å². The number of hydrogen-bond acceptors (Lipinski definition) is 4. The number of nitrogens with one attached hydrogen (secondary N) is 2. The van der Waals surface area contributed by atoms with Crippen LogP contribution in [0.1, 0.15) is 57.9 Å². The lowest BCUT2D eigenvalue weighted by Gasteiger charge is -2.22. The van der Waals surface area contributed by atoms with Crippen LogP contribution >= 0.6 is 0 Å². The number of hydrogen-bond donors (Lipinski definition) is 2. The second-order valence-electron chi connectivity index (χ2n) is 7.41. The molecule has 8 heteroatoms. The molecule has 1 aromatic carbocycles. The minimum Gasteiger partial charge on any atom is -0.352 e. The predicted molar refractivity (Wildman–Crippen MR) is 113 cm³/mol. The molecule has 7 nitrogen and oxygen atoms in total. The van der Waals surface area contributed by atoms with Gasteiger partial charge in [-0.15, -0.1) is 0 Å². The number of nitrogens with zero attached hydrogens (tertiary/aromatic N) is 1. The monoisotopic (exact) mass is 423 g/mol. The Morgan fingerprint density at radius 3 is 2.21 bits per heavy atom. The Morgan fingerprint density at radius 2 is 1.62 bits per heavy atom. The third-order valence-corrected chi connectivity index (χ3v) is 7.39. The summed E-state index contributed by atoms with van der Waals surface area (Å²) in [7, 11) is -3.47. The minimum absolute atomic E-state index is 0.00359. The van der Waals surface area contributed by atoms with E-state index in [9.17, 15) is 18.0 Å². The lowest BCUT2D eigenvalue weighted by Crippen LogP contribution is -2.42. The van der Waals surface area contributed by atoms with Crippen molar-refractivity contribution in [3.05, 3.63) is 29.8 Å². The summed E-state index contributed by atoms with van der Waals surface area (Å²) in [4.78, 5) is 24.2. The molecule has 0 unspecified atom stereocenters. The molecule has 1 aromatic rings. The number of benzene rings is 1. The Kier molecular flexibility index (Phi) is 9.10. The highest BCUT2D eigenvalue weighted by atomic mass is 32.2. The summed E-state index contributed by atoms with van der Waals surface area (Å²) in [5.41, 5.74) is 0.880. The first-order valence-corrected chi connectivity index (χ1v) is 12.0. The lowest BCUT2D eigenvalue weighted by molar-refractivity contribution is -0.126. The van der Waals surface area contributed by atoms with Crippen LogP contribution < -0.4 is 10.6 Å². The SMILES string of the molecule is CCN(CC)S(=O)(=O)c1ccc(CCC(=O)NCC(=O)NC2CCCCC2)cc1. The summed E-state index contributed by atoms with van der Waals surface area (Å²) in [6, 6.07) is 6.87. The molecule has 2 rings (SSSR count). The van der Waals surface area contributed by atoms with Crippen molar-refractivity contribution in [3.8, 4) is 0 Å². The van der Waals surface area contributed by atoms with Crippen molar-refractivity contribution in [3.63, 3.8) is 0 Å². The molecule has 0 heterocycles. The number of aryl methyl sites for hydroxylation is 1. The van der Waals surface area contributed by atoms with E-state index in [2.05, 4.69) is 10.6 Å². The van der Waals surface area contributed by atoms with Gasteiger partial charge >= 0.3 is 0 Å². The highest BCUT2D eigenvalue weighted by molar-refractivity contribution is 7.89. The van der Waals surface area contributed by atoms with E-state index in [0.29, 0.717) is 19.5 Å². The first-order chi connectivity index (χ1) is 13.9. The number of sulfonamides is 1. The fourth-order valence-electron chi connectivity index (χ4n) is 3.59. The molecule has 162 valence electrons. The largest absolute Gasteiger partial charge is 0.352 e. The van der Waals surface area contributed by atoms with E-state index in [1.54, 1.807) is 24.3 Å². The van der Waals surface area contributed by atoms with Gasteiger partial charge in [-0.1, -0.05) is 45.2 Å². The molecular weight excluding hydrogens is 390 g/mol. The fourth-order valence-corrected chi connectivity index (χ4v) is 5.05. The molecule has 1 saturated carbocycles. The van der Waals surface area contributed by atoms with Crippen molar-refractivity contribution in [1.82, 2.24) is 14.9 Å². The molecule has 1 aliphatic rings. The van der Waals surface area contributed by atoms with Gasteiger partial charge in [-0.3, -0.25) is 9.59 Å². The van der Waals surface area contributed by atoms with Gasteiger partial charge in [0, 0.05) is 25.6 Å². The van der Waals surface area contributed by atoms with Crippen LogP contribution in [0.5, 0.6) is 0 Å². The molecule has 2 N–H and O–H groups in total. The Hall–Kier alpha value is -1.93. The molecular formula is C21H33N3O4S. The van der Waals surface area contributed by atoms with Crippen molar-refractivity contribution in [2.75, 3.05) is 19.6 Å². The van der Waals surface area contributed by atoms with Gasteiger partial charge in [-0.25, -0.2) is 8.42 Å². The van der Waals surface area contributed by atoms with Crippen LogP contribution in [0.3, 0.4) is 0 Å². The molecule has 29 heavy (non-hydrogen) atoms. The van der Waals surface area contributed by atoms with Gasteiger partial charge in [0.2, 0.25) is 21.8 Å². The Morgan fingerprint density at radius 1 is 1.00 bits per heavy atom. The quantitative estimate of drug-likeness (QED) is 0.603. The molecule has 0 radical (unpaired) electrons. The molecule has 0 spiro atoms. The van der Waals surface area contributed by atoms with Crippen LogP contribution in [0.2, 0.25) is 0 Å². The maximum absolute atomic E-state index is 12.5. The van der Waals surface area contributed by atoms with Crippen LogP contribution in [-0.4, -0.2) is 50.2 Å². The Labute approximate surface area is 174 Å². The Bertz CT molecular complexity index is 768. The summed E-state index contributed by atoms with van der Waals surface area (Å²) < 4.78 is 26.4. The summed E-state index contributed by atoms with van der Waals surface area (Å²) in [5, 5.41) is 5.63. The van der Waals surface area contributed by atoms with Crippen molar-refractivity contribution >= 4 is 21.8 Å². The van der Waals surface area contributed by atoms with E-state index in [1.165, 1.54) is 10.7 Å². The highest BCUT2D eigenvalue weighted by Gasteiger charge is 2.21. The lowest BCUT2D eigenvalue weighted by atomic mass is 9.95. The number of amides is 2. The summed E-state index contributed by atoms with van der Waals surface area (Å²) >= 11 is 0. The van der Waals surface area contributed by atoms with Crippen LogP contribution in [-0.2, 0) is 26.0 Å². The molecule has 1 fully saturated rings. The molecule has 0 bridgehead atoms. The van der Waals surface area contributed by atoms with E-state index in [1.807, 2.05) is 13.8 Å². The topological polar surface area (TPSA) is 95.6 Å². The number of rotatable bonds is 10. The molecule has 0 atom stereocenters. The first-order valence-electron chi connectivity index (χ1n) is 10.5. The zero-order valence-electron chi connectivity index (χ0n) is 17.4. The molecule has 0 aromatic heterocycles. The highest BCUT2D eigenvalue weighted by Crippen LogP contribution is 2.18. The van der Waals surface area contributed by atoms with Crippen LogP contribution in [0.4, 0.5) is 0 Å². The van der Waals surface area contributed by atoms with Crippen molar-refractivity contribution in [2.45, 2.75) is 69.7 Å². The van der Waals surface area contributed by atoms with E-state index < -0.39 is 10.0 Å². The third kappa shape index (κ3) is 7.12. The summed E-state index contributed by atoms with van der Waals surface area (Å²) in [6.07, 6.45) is 6.28. The maximum Gasteiger partial charge on any atom is 0.243 e. The normalized spacial score (nSPS) is 15.3. The van der Waals surface area contributed by atoms with E-state index >= 15 is 0 Å². The molecule has 2 amide bonds. The minimum atomic E-state index is -3.47. The predicted octanol–water partition coefficient (Wildman–Crippen LogP) is 2.21. The van der Waals surface area contributed by atoms with Gasteiger partial charge in [0.1, 0.15) is 0 Å². The fraction of sp³-hybridized carbons (Fsp3) is 0.619. The van der Waals surface area contributed by atoms with Crippen LogP contribution in [0.25, 0.3) is 0 Å². The standard InChI is InChI=1S/C21H33N3O4S/c1-3-24(4-2)29(27,28)19-13-10-17(11-14-19)12-15-20(25)22-16-21(26)23-18-8-6-5-7-9-18/h10-11,13-14,18H,3-9,12,15-16H2,1-2H3,(H,22,25)(H,23,26). The molecule has 1 aliphatic carbocycles. The van der Waals surface area contributed by atoms with Crippen molar-refractivity contribution in [2.24, 2.45) is 0 Å². The smallest absolute Gasteiger partial charge is 0.243 e. The maximum atomic E-state index is 12.5. The zero-order valence-corrected chi connectivity index (χ0v) is 18.3.